The summed E-state index contributed by atoms with van der Waals surface area (Å²) in [4.78, 5) is 2.37. The molecular weight excluding hydrogens is 413 g/mol. The Hall–Kier alpha value is -2.64. The summed E-state index contributed by atoms with van der Waals surface area (Å²) in [7, 11) is -0.750. The molecule has 1 aliphatic heterocycles. The first-order valence-corrected chi connectivity index (χ1v) is 11.1. The molecule has 0 atom stereocenters. The van der Waals surface area contributed by atoms with E-state index in [4.69, 9.17) is 20.3 Å². The standard InChI is InChI=1S/C21H19N.C6H14O2.BH3O2/c1-21(2)17-12-6-8-14-19(17)22(16-10-4-3-5-11-16)20-15-9-7-13-18(20)21;1-5(2,7)6(3,4)8;2-1-3/h3-15H,1-2H3;7-8H,1-4H3;1-3H. The lowest BCUT2D eigenvalue weighted by atomic mass is 9.73. The second-order valence-corrected chi connectivity index (χ2v) is 9.59. The fourth-order valence-corrected chi connectivity index (χ4v) is 3.52. The van der Waals surface area contributed by atoms with Crippen LogP contribution in [0.4, 0.5) is 17.1 Å². The lowest BCUT2D eigenvalue weighted by Gasteiger charge is -2.42. The molecule has 1 heterocycles. The lowest BCUT2D eigenvalue weighted by molar-refractivity contribution is -0.107. The van der Waals surface area contributed by atoms with Crippen LogP contribution in [-0.2, 0) is 5.41 Å². The monoisotopic (exact) mass is 449 g/mol. The molecule has 0 saturated carbocycles. The fraction of sp³-hybridized carbons (Fsp3) is 0.333. The molecule has 0 saturated heterocycles. The molecule has 176 valence electrons. The fourth-order valence-electron chi connectivity index (χ4n) is 3.52. The summed E-state index contributed by atoms with van der Waals surface area (Å²) in [6, 6.07) is 28.1. The van der Waals surface area contributed by atoms with Crippen molar-refractivity contribution in [3.8, 4) is 0 Å². The lowest BCUT2D eigenvalue weighted by Crippen LogP contribution is -2.44. The Labute approximate surface area is 198 Å². The quantitative estimate of drug-likeness (QED) is 0.431. The molecular formula is C27H36BNO4. The third-order valence-electron chi connectivity index (χ3n) is 6.15. The summed E-state index contributed by atoms with van der Waals surface area (Å²) in [6.07, 6.45) is 0. The van der Waals surface area contributed by atoms with Crippen LogP contribution in [0.25, 0.3) is 0 Å². The van der Waals surface area contributed by atoms with Gasteiger partial charge in [-0.25, -0.2) is 0 Å². The number of hydrogen-bond donors (Lipinski definition) is 4. The Morgan fingerprint density at radius 3 is 1.33 bits per heavy atom. The van der Waals surface area contributed by atoms with Crippen molar-refractivity contribution in [2.45, 2.75) is 58.2 Å². The van der Waals surface area contributed by atoms with Gasteiger partial charge in [-0.3, -0.25) is 0 Å². The highest BCUT2D eigenvalue weighted by atomic mass is 16.4. The zero-order valence-corrected chi connectivity index (χ0v) is 20.4. The molecule has 3 aromatic rings. The number of anilines is 3. The third-order valence-corrected chi connectivity index (χ3v) is 6.15. The Bertz CT molecular complexity index is 963. The molecule has 0 fully saturated rings. The number of nitrogens with zero attached hydrogens (tertiary/aromatic N) is 1. The van der Waals surface area contributed by atoms with E-state index in [1.165, 1.54) is 28.2 Å². The van der Waals surface area contributed by atoms with Gasteiger partial charge in [0, 0.05) is 11.1 Å². The topological polar surface area (TPSA) is 84.2 Å². The SMILES string of the molecule is CC(C)(O)C(C)(C)O.CC1(C)c2ccccc2N(c2ccccc2)c2ccccc21.OBO. The molecule has 0 bridgehead atoms. The van der Waals surface area contributed by atoms with Crippen LogP contribution in [0.5, 0.6) is 0 Å². The second kappa shape index (κ2) is 10.5. The van der Waals surface area contributed by atoms with E-state index in [0.29, 0.717) is 0 Å². The summed E-state index contributed by atoms with van der Waals surface area (Å²) >= 11 is 0. The molecule has 33 heavy (non-hydrogen) atoms. The summed E-state index contributed by atoms with van der Waals surface area (Å²) in [5.41, 5.74) is 4.50. The number of aliphatic hydroxyl groups is 2. The Balaban J connectivity index is 0.000000297. The van der Waals surface area contributed by atoms with Crippen LogP contribution in [-0.4, -0.2) is 39.1 Å². The van der Waals surface area contributed by atoms with Gasteiger partial charge in [-0.05, 0) is 63.1 Å². The molecule has 0 amide bonds. The molecule has 0 aliphatic carbocycles. The minimum Gasteiger partial charge on any atom is -0.430 e. The molecule has 0 radical (unpaired) electrons. The molecule has 4 rings (SSSR count). The maximum Gasteiger partial charge on any atom is 0.432 e. The molecule has 1 aliphatic rings. The predicted molar refractivity (Wildman–Crippen MR) is 137 cm³/mol. The van der Waals surface area contributed by atoms with E-state index < -0.39 is 18.9 Å². The zero-order chi connectivity index (χ0) is 24.9. The van der Waals surface area contributed by atoms with Gasteiger partial charge in [0.1, 0.15) is 0 Å². The highest BCUT2D eigenvalue weighted by molar-refractivity contribution is 6.13. The van der Waals surface area contributed by atoms with Crippen LogP contribution >= 0.6 is 0 Å². The molecule has 3 aromatic carbocycles. The van der Waals surface area contributed by atoms with E-state index in [0.717, 1.165) is 0 Å². The van der Waals surface area contributed by atoms with Crippen molar-refractivity contribution in [3.63, 3.8) is 0 Å². The maximum atomic E-state index is 9.10. The number of rotatable bonds is 2. The van der Waals surface area contributed by atoms with Gasteiger partial charge >= 0.3 is 7.69 Å². The third kappa shape index (κ3) is 6.03. The first-order chi connectivity index (χ1) is 15.4. The van der Waals surface area contributed by atoms with E-state index >= 15 is 0 Å². The average Bonchev–Trinajstić information content (AvgIpc) is 2.75. The van der Waals surface area contributed by atoms with Crippen molar-refractivity contribution in [1.82, 2.24) is 0 Å². The van der Waals surface area contributed by atoms with Crippen LogP contribution in [0.2, 0.25) is 0 Å². The highest BCUT2D eigenvalue weighted by Crippen LogP contribution is 2.51. The Morgan fingerprint density at radius 2 is 0.970 bits per heavy atom. The van der Waals surface area contributed by atoms with Gasteiger partial charge in [-0.2, -0.15) is 0 Å². The highest BCUT2D eigenvalue weighted by Gasteiger charge is 2.36. The summed E-state index contributed by atoms with van der Waals surface area (Å²) in [5, 5.41) is 32.5. The number of benzene rings is 3. The largest absolute Gasteiger partial charge is 0.432 e. The van der Waals surface area contributed by atoms with Crippen molar-refractivity contribution in [1.29, 1.82) is 0 Å². The van der Waals surface area contributed by atoms with Gasteiger partial charge in [-0.1, -0.05) is 68.4 Å². The maximum absolute atomic E-state index is 9.10. The Morgan fingerprint density at radius 1 is 0.636 bits per heavy atom. The van der Waals surface area contributed by atoms with Crippen molar-refractivity contribution in [3.05, 3.63) is 90.0 Å². The molecule has 0 spiro atoms. The van der Waals surface area contributed by atoms with Gasteiger partial charge < -0.3 is 25.2 Å². The number of fused-ring (bicyclic) bond motifs is 2. The average molecular weight is 449 g/mol. The summed E-state index contributed by atoms with van der Waals surface area (Å²) < 4.78 is 0. The zero-order valence-electron chi connectivity index (χ0n) is 20.4. The first-order valence-electron chi connectivity index (χ1n) is 11.1. The van der Waals surface area contributed by atoms with E-state index in [9.17, 15) is 0 Å². The van der Waals surface area contributed by atoms with Gasteiger partial charge in [0.15, 0.2) is 0 Å². The van der Waals surface area contributed by atoms with Crippen molar-refractivity contribution in [2.24, 2.45) is 0 Å². The smallest absolute Gasteiger partial charge is 0.430 e. The minimum atomic E-state index is -1.01. The van der Waals surface area contributed by atoms with E-state index in [1.54, 1.807) is 27.7 Å². The van der Waals surface area contributed by atoms with Gasteiger partial charge in [0.25, 0.3) is 0 Å². The van der Waals surface area contributed by atoms with Crippen LogP contribution in [0, 0.1) is 0 Å². The molecule has 6 heteroatoms. The molecule has 0 aromatic heterocycles. The van der Waals surface area contributed by atoms with Gasteiger partial charge in [-0.15, -0.1) is 0 Å². The van der Waals surface area contributed by atoms with Crippen molar-refractivity contribution in [2.75, 3.05) is 4.90 Å². The molecule has 0 unspecified atom stereocenters. The van der Waals surface area contributed by atoms with Crippen molar-refractivity contribution >= 4 is 24.7 Å². The van der Waals surface area contributed by atoms with Gasteiger partial charge in [0.2, 0.25) is 0 Å². The van der Waals surface area contributed by atoms with Gasteiger partial charge in [0.05, 0.1) is 22.6 Å². The number of hydrogen-bond acceptors (Lipinski definition) is 5. The van der Waals surface area contributed by atoms with E-state index in [-0.39, 0.29) is 5.41 Å². The second-order valence-electron chi connectivity index (χ2n) is 9.59. The van der Waals surface area contributed by atoms with E-state index in [1.807, 2.05) is 0 Å². The predicted octanol–water partition coefficient (Wildman–Crippen LogP) is 4.56. The first kappa shape index (κ1) is 26.6. The summed E-state index contributed by atoms with van der Waals surface area (Å²) in [6.45, 7) is 10.9. The van der Waals surface area contributed by atoms with Crippen molar-refractivity contribution < 1.29 is 20.3 Å². The van der Waals surface area contributed by atoms with Crippen LogP contribution < -0.4 is 4.90 Å². The Kier molecular flexibility index (Phi) is 8.49. The molecule has 4 N–H and O–H groups in total. The summed E-state index contributed by atoms with van der Waals surface area (Å²) in [5.74, 6) is 0. The van der Waals surface area contributed by atoms with E-state index in [2.05, 4.69) is 97.6 Å². The van der Waals surface area contributed by atoms with Crippen LogP contribution in [0.3, 0.4) is 0 Å². The molecule has 5 nitrogen and oxygen atoms in total. The van der Waals surface area contributed by atoms with Crippen LogP contribution in [0.15, 0.2) is 78.9 Å². The minimum absolute atomic E-state index is 0.0124. The number of para-hydroxylation sites is 3. The van der Waals surface area contributed by atoms with Crippen LogP contribution in [0.1, 0.15) is 52.7 Å². The normalized spacial score (nSPS) is 13.9.